The maximum atomic E-state index is 13.0. The maximum absolute atomic E-state index is 13.0. The molecule has 0 aliphatic carbocycles. The first kappa shape index (κ1) is 16.5. The molecule has 0 aromatic heterocycles. The van der Waals surface area contributed by atoms with Crippen LogP contribution in [0, 0.1) is 5.82 Å². The lowest BCUT2D eigenvalue weighted by Crippen LogP contribution is -2.54. The Bertz CT molecular complexity index is 863. The van der Waals surface area contributed by atoms with Crippen LogP contribution in [0.4, 0.5) is 10.1 Å². The molecule has 24 heavy (non-hydrogen) atoms. The Kier molecular flexibility index (Phi) is 4.55. The Morgan fingerprint density at radius 1 is 1.04 bits per heavy atom. The van der Waals surface area contributed by atoms with Crippen LogP contribution in [0.2, 0.25) is 0 Å². The van der Waals surface area contributed by atoms with Gasteiger partial charge >= 0.3 is 0 Å². The number of anilines is 1. The molecule has 1 fully saturated rings. The van der Waals surface area contributed by atoms with Gasteiger partial charge in [-0.1, -0.05) is 28.1 Å². The van der Waals surface area contributed by atoms with Crippen molar-refractivity contribution in [3.8, 4) is 0 Å². The van der Waals surface area contributed by atoms with E-state index in [2.05, 4.69) is 21.2 Å². The van der Waals surface area contributed by atoms with Crippen molar-refractivity contribution in [1.29, 1.82) is 0 Å². The van der Waals surface area contributed by atoms with Crippen LogP contribution < -0.4 is 10.2 Å². The summed E-state index contributed by atoms with van der Waals surface area (Å²) in [7, 11) is 0. The number of hydrogen-bond acceptors (Lipinski definition) is 3. The second-order valence-electron chi connectivity index (χ2n) is 4.99. The highest BCUT2D eigenvalue weighted by atomic mass is 79.9. The third-order valence-electron chi connectivity index (χ3n) is 3.37. The van der Waals surface area contributed by atoms with E-state index in [0.29, 0.717) is 11.3 Å². The monoisotopic (exact) mass is 404 g/mol. The van der Waals surface area contributed by atoms with E-state index in [-0.39, 0.29) is 10.7 Å². The molecule has 0 radical (unpaired) electrons. The number of halogens is 2. The Morgan fingerprint density at radius 2 is 1.67 bits per heavy atom. The first-order valence-corrected chi connectivity index (χ1v) is 8.08. The van der Waals surface area contributed by atoms with Crippen molar-refractivity contribution in [2.45, 2.75) is 0 Å². The molecular weight excluding hydrogens is 395 g/mol. The van der Waals surface area contributed by atoms with Gasteiger partial charge in [0.2, 0.25) is 0 Å². The lowest BCUT2D eigenvalue weighted by molar-refractivity contribution is -0.122. The van der Waals surface area contributed by atoms with Crippen LogP contribution >= 0.6 is 28.1 Å². The highest BCUT2D eigenvalue weighted by Gasteiger charge is 2.34. The van der Waals surface area contributed by atoms with Gasteiger partial charge in [0, 0.05) is 4.47 Å². The number of nitrogens with one attached hydrogen (secondary N) is 1. The number of carbonyl (C=O) groups is 2. The summed E-state index contributed by atoms with van der Waals surface area (Å²) in [6.07, 6.45) is 1.41. The van der Waals surface area contributed by atoms with E-state index >= 15 is 0 Å². The number of benzene rings is 2. The fourth-order valence-electron chi connectivity index (χ4n) is 2.21. The molecule has 0 unspecified atom stereocenters. The topological polar surface area (TPSA) is 49.4 Å². The molecule has 3 rings (SSSR count). The van der Waals surface area contributed by atoms with Crippen molar-refractivity contribution < 1.29 is 14.0 Å². The SMILES string of the molecule is O=C1NC(=S)N(c2ccc(Br)cc2)C(=O)C1=Cc1ccc(F)cc1. The van der Waals surface area contributed by atoms with E-state index in [4.69, 9.17) is 12.2 Å². The quantitative estimate of drug-likeness (QED) is 0.473. The fourth-order valence-corrected chi connectivity index (χ4v) is 2.75. The van der Waals surface area contributed by atoms with Crippen LogP contribution in [0.1, 0.15) is 5.56 Å². The summed E-state index contributed by atoms with van der Waals surface area (Å²) in [5.74, 6) is -1.51. The van der Waals surface area contributed by atoms with E-state index in [1.807, 2.05) is 0 Å². The minimum Gasteiger partial charge on any atom is -0.298 e. The average Bonchev–Trinajstić information content (AvgIpc) is 2.55. The summed E-state index contributed by atoms with van der Waals surface area (Å²) >= 11 is 8.44. The van der Waals surface area contributed by atoms with Gasteiger partial charge in [-0.25, -0.2) is 4.39 Å². The summed E-state index contributed by atoms with van der Waals surface area (Å²) in [5, 5.41) is 2.52. The molecular formula is C17H10BrFN2O2S. The van der Waals surface area contributed by atoms with Crippen LogP contribution in [0.25, 0.3) is 6.08 Å². The van der Waals surface area contributed by atoms with Gasteiger partial charge in [0.1, 0.15) is 11.4 Å². The van der Waals surface area contributed by atoms with Crippen molar-refractivity contribution in [2.24, 2.45) is 0 Å². The lowest BCUT2D eigenvalue weighted by atomic mass is 10.1. The van der Waals surface area contributed by atoms with Gasteiger partial charge in [0.05, 0.1) is 5.69 Å². The predicted molar refractivity (Wildman–Crippen MR) is 96.7 cm³/mol. The van der Waals surface area contributed by atoms with Gasteiger partial charge in [-0.3, -0.25) is 19.8 Å². The van der Waals surface area contributed by atoms with Crippen LogP contribution in [0.15, 0.2) is 58.6 Å². The van der Waals surface area contributed by atoms with Crippen molar-refractivity contribution in [3.63, 3.8) is 0 Å². The van der Waals surface area contributed by atoms with Crippen molar-refractivity contribution >= 4 is 56.8 Å². The zero-order valence-corrected chi connectivity index (χ0v) is 14.5. The first-order chi connectivity index (χ1) is 11.5. The van der Waals surface area contributed by atoms with Gasteiger partial charge in [-0.2, -0.15) is 0 Å². The van der Waals surface area contributed by atoms with Crippen molar-refractivity contribution in [1.82, 2.24) is 5.32 Å². The molecule has 1 N–H and O–H groups in total. The lowest BCUT2D eigenvalue weighted by Gasteiger charge is -2.28. The Labute approximate surface area is 151 Å². The number of rotatable bonds is 2. The zero-order valence-electron chi connectivity index (χ0n) is 12.1. The standard InChI is InChI=1S/C17H10BrFN2O2S/c18-11-3-7-13(8-4-11)21-16(23)14(15(22)20-17(21)24)9-10-1-5-12(19)6-2-10/h1-9H,(H,20,22,24). The molecule has 2 aromatic carbocycles. The second-order valence-corrected chi connectivity index (χ2v) is 6.29. The minimum absolute atomic E-state index is 0.0172. The molecule has 1 aliphatic rings. The molecule has 1 aliphatic heterocycles. The van der Waals surface area contributed by atoms with Gasteiger partial charge < -0.3 is 0 Å². The highest BCUT2D eigenvalue weighted by Crippen LogP contribution is 2.23. The smallest absolute Gasteiger partial charge is 0.270 e. The van der Waals surface area contributed by atoms with Crippen LogP contribution in [0.5, 0.6) is 0 Å². The van der Waals surface area contributed by atoms with E-state index in [9.17, 15) is 14.0 Å². The largest absolute Gasteiger partial charge is 0.298 e. The van der Waals surface area contributed by atoms with E-state index < -0.39 is 17.6 Å². The van der Waals surface area contributed by atoms with E-state index in [0.717, 1.165) is 4.47 Å². The Balaban J connectivity index is 1.99. The number of carbonyl (C=O) groups excluding carboxylic acids is 2. The number of hydrogen-bond donors (Lipinski definition) is 1. The Morgan fingerprint density at radius 3 is 2.29 bits per heavy atom. The molecule has 7 heteroatoms. The minimum atomic E-state index is -0.581. The third-order valence-corrected chi connectivity index (χ3v) is 4.18. The van der Waals surface area contributed by atoms with Crippen LogP contribution in [0.3, 0.4) is 0 Å². The van der Waals surface area contributed by atoms with Gasteiger partial charge in [0.25, 0.3) is 11.8 Å². The third kappa shape index (κ3) is 3.27. The molecule has 0 bridgehead atoms. The van der Waals surface area contributed by atoms with E-state index in [1.54, 1.807) is 24.3 Å². The summed E-state index contributed by atoms with van der Waals surface area (Å²) in [4.78, 5) is 26.1. The molecule has 120 valence electrons. The molecule has 1 heterocycles. The van der Waals surface area contributed by atoms with Gasteiger partial charge in [-0.05, 0) is 60.3 Å². The summed E-state index contributed by atoms with van der Waals surface area (Å²) in [5.41, 5.74) is 1.01. The molecule has 2 amide bonds. The number of thiocarbonyl (C=S) groups is 1. The molecule has 4 nitrogen and oxygen atoms in total. The summed E-state index contributed by atoms with van der Waals surface area (Å²) in [6, 6.07) is 12.4. The van der Waals surface area contributed by atoms with Gasteiger partial charge in [-0.15, -0.1) is 0 Å². The molecule has 1 saturated heterocycles. The van der Waals surface area contributed by atoms with Crippen LogP contribution in [-0.4, -0.2) is 16.9 Å². The predicted octanol–water partition coefficient (Wildman–Crippen LogP) is 3.42. The number of amides is 2. The average molecular weight is 405 g/mol. The maximum Gasteiger partial charge on any atom is 0.270 e. The normalized spacial score (nSPS) is 16.5. The highest BCUT2D eigenvalue weighted by molar-refractivity contribution is 9.10. The van der Waals surface area contributed by atoms with Gasteiger partial charge in [0.15, 0.2) is 5.11 Å². The van der Waals surface area contributed by atoms with E-state index in [1.165, 1.54) is 35.2 Å². The van der Waals surface area contributed by atoms with Crippen molar-refractivity contribution in [2.75, 3.05) is 4.90 Å². The summed E-state index contributed by atoms with van der Waals surface area (Å²) in [6.45, 7) is 0. The second kappa shape index (κ2) is 6.62. The molecule has 0 saturated carbocycles. The first-order valence-electron chi connectivity index (χ1n) is 6.88. The molecule has 0 spiro atoms. The van der Waals surface area contributed by atoms with Crippen molar-refractivity contribution in [3.05, 3.63) is 70.0 Å². The molecule has 0 atom stereocenters. The van der Waals surface area contributed by atoms with Crippen LogP contribution in [-0.2, 0) is 9.59 Å². The number of nitrogens with zero attached hydrogens (tertiary/aromatic N) is 1. The zero-order chi connectivity index (χ0) is 17.3. The summed E-state index contributed by atoms with van der Waals surface area (Å²) < 4.78 is 13.8. The molecule has 2 aromatic rings. The fraction of sp³-hybridized carbons (Fsp3) is 0. The Hall–Kier alpha value is -2.38.